The number of hydrogen-bond donors (Lipinski definition) is 2. The summed E-state index contributed by atoms with van der Waals surface area (Å²) in [5.41, 5.74) is 0. The molecule has 1 saturated heterocycles. The van der Waals surface area contributed by atoms with Crippen LogP contribution in [0, 0.1) is 12.3 Å². The number of nitrogens with one attached hydrogen (secondary N) is 2. The number of terminal acetylenes is 1. The predicted molar refractivity (Wildman–Crippen MR) is 69.3 cm³/mol. The molecule has 1 aliphatic heterocycles. The van der Waals surface area contributed by atoms with Crippen LogP contribution in [-0.2, 0) is 0 Å². The van der Waals surface area contributed by atoms with Gasteiger partial charge in [0.2, 0.25) is 0 Å². The molecule has 0 aromatic heterocycles. The predicted octanol–water partition coefficient (Wildman–Crippen LogP) is 1.47. The van der Waals surface area contributed by atoms with Gasteiger partial charge in [0, 0.05) is 24.4 Å². The second-order valence-electron chi connectivity index (χ2n) is 4.14. The smallest absolute Gasteiger partial charge is 0.0545 e. The van der Waals surface area contributed by atoms with Gasteiger partial charge in [-0.2, -0.15) is 0 Å². The Morgan fingerprint density at radius 2 is 2.53 bits per heavy atom. The molecule has 0 radical (unpaired) electrons. The second-order valence-corrected chi connectivity index (χ2v) is 5.25. The van der Waals surface area contributed by atoms with Crippen LogP contribution in [0.15, 0.2) is 0 Å². The normalized spacial score (nSPS) is 22.5. The Morgan fingerprint density at radius 1 is 1.67 bits per heavy atom. The van der Waals surface area contributed by atoms with E-state index >= 15 is 0 Å². The minimum Gasteiger partial charge on any atom is -0.314 e. The monoisotopic (exact) mass is 226 g/mol. The quantitative estimate of drug-likeness (QED) is 0.508. The zero-order chi connectivity index (χ0) is 10.9. The van der Waals surface area contributed by atoms with Gasteiger partial charge in [-0.15, -0.1) is 18.2 Å². The Balaban J connectivity index is 1.93. The fourth-order valence-electron chi connectivity index (χ4n) is 1.98. The summed E-state index contributed by atoms with van der Waals surface area (Å²) in [5.74, 6) is 4.59. The van der Waals surface area contributed by atoms with Crippen molar-refractivity contribution in [1.82, 2.24) is 10.6 Å². The van der Waals surface area contributed by atoms with E-state index in [1.54, 1.807) is 0 Å². The van der Waals surface area contributed by atoms with Crippen LogP contribution >= 0.6 is 11.8 Å². The Morgan fingerprint density at radius 3 is 3.20 bits per heavy atom. The third-order valence-corrected chi connectivity index (χ3v) is 3.59. The van der Waals surface area contributed by atoms with E-state index < -0.39 is 0 Å². The summed E-state index contributed by atoms with van der Waals surface area (Å²) >= 11 is 1.82. The molecule has 2 N–H and O–H groups in total. The zero-order valence-corrected chi connectivity index (χ0v) is 10.4. The fourth-order valence-corrected chi connectivity index (χ4v) is 2.50. The van der Waals surface area contributed by atoms with Crippen LogP contribution in [0.2, 0.25) is 0 Å². The van der Waals surface area contributed by atoms with Crippen LogP contribution in [0.1, 0.15) is 26.2 Å². The van der Waals surface area contributed by atoms with E-state index in [-0.39, 0.29) is 0 Å². The van der Waals surface area contributed by atoms with Crippen LogP contribution in [-0.4, -0.2) is 36.7 Å². The highest BCUT2D eigenvalue weighted by Gasteiger charge is 2.16. The Kier molecular flexibility index (Phi) is 6.91. The topological polar surface area (TPSA) is 24.1 Å². The van der Waals surface area contributed by atoms with E-state index in [9.17, 15) is 0 Å². The lowest BCUT2D eigenvalue weighted by Gasteiger charge is -2.17. The molecule has 2 unspecified atom stereocenters. The van der Waals surface area contributed by atoms with Gasteiger partial charge in [-0.05, 0) is 32.7 Å². The molecule has 0 amide bonds. The summed E-state index contributed by atoms with van der Waals surface area (Å²) in [6.45, 7) is 4.54. The Bertz CT molecular complexity index is 194. The van der Waals surface area contributed by atoms with Crippen molar-refractivity contribution >= 4 is 11.8 Å². The molecule has 0 spiro atoms. The minimum atomic E-state index is 0.618. The van der Waals surface area contributed by atoms with Crippen LogP contribution < -0.4 is 10.6 Å². The highest BCUT2D eigenvalue weighted by Crippen LogP contribution is 2.10. The molecule has 2 nitrogen and oxygen atoms in total. The van der Waals surface area contributed by atoms with Crippen molar-refractivity contribution in [3.63, 3.8) is 0 Å². The van der Waals surface area contributed by atoms with Crippen molar-refractivity contribution in [2.45, 2.75) is 38.3 Å². The highest BCUT2D eigenvalue weighted by molar-refractivity contribution is 7.99. The van der Waals surface area contributed by atoms with Gasteiger partial charge < -0.3 is 10.6 Å². The lowest BCUT2D eigenvalue weighted by atomic mass is 10.1. The largest absolute Gasteiger partial charge is 0.314 e. The molecule has 0 aromatic carbocycles. The molecule has 3 heteroatoms. The first-order valence-corrected chi connectivity index (χ1v) is 6.96. The summed E-state index contributed by atoms with van der Waals surface area (Å²) in [7, 11) is 0. The van der Waals surface area contributed by atoms with Gasteiger partial charge in [0.1, 0.15) is 0 Å². The third-order valence-electron chi connectivity index (χ3n) is 2.73. The first-order valence-electron chi connectivity index (χ1n) is 5.81. The molecule has 1 fully saturated rings. The molecular formula is C12H22N2S. The van der Waals surface area contributed by atoms with Gasteiger partial charge >= 0.3 is 0 Å². The summed E-state index contributed by atoms with van der Waals surface area (Å²) in [4.78, 5) is 0. The maximum atomic E-state index is 5.18. The Hall–Kier alpha value is -0.170. The van der Waals surface area contributed by atoms with Crippen molar-refractivity contribution in [2.75, 3.05) is 24.6 Å². The summed E-state index contributed by atoms with van der Waals surface area (Å²) in [6.07, 6.45) is 9.12. The van der Waals surface area contributed by atoms with Gasteiger partial charge in [-0.25, -0.2) is 0 Å². The third kappa shape index (κ3) is 6.09. The SMILES string of the molecule is C#CCSCCNC(C)CC1CCCN1. The van der Waals surface area contributed by atoms with Gasteiger partial charge in [-0.1, -0.05) is 5.92 Å². The van der Waals surface area contributed by atoms with Crippen LogP contribution in [0.25, 0.3) is 0 Å². The molecule has 0 aliphatic carbocycles. The number of hydrogen-bond acceptors (Lipinski definition) is 3. The lowest BCUT2D eigenvalue weighted by molar-refractivity contribution is 0.450. The molecule has 15 heavy (non-hydrogen) atoms. The average Bonchev–Trinajstić information content (AvgIpc) is 2.70. The van der Waals surface area contributed by atoms with E-state index in [2.05, 4.69) is 23.5 Å². The summed E-state index contributed by atoms with van der Waals surface area (Å²) in [5, 5.41) is 7.07. The second kappa shape index (κ2) is 8.04. The maximum absolute atomic E-state index is 5.18. The summed E-state index contributed by atoms with van der Waals surface area (Å²) in [6, 6.07) is 1.36. The van der Waals surface area contributed by atoms with E-state index in [0.717, 1.165) is 24.1 Å². The number of thioether (sulfide) groups is 1. The van der Waals surface area contributed by atoms with Crippen LogP contribution in [0.3, 0.4) is 0 Å². The average molecular weight is 226 g/mol. The molecule has 1 aliphatic rings. The molecule has 1 heterocycles. The van der Waals surface area contributed by atoms with E-state index in [4.69, 9.17) is 6.42 Å². The van der Waals surface area contributed by atoms with Crippen molar-refractivity contribution in [3.05, 3.63) is 0 Å². The van der Waals surface area contributed by atoms with Gasteiger partial charge in [-0.3, -0.25) is 0 Å². The molecule has 86 valence electrons. The lowest BCUT2D eigenvalue weighted by Crippen LogP contribution is -2.34. The van der Waals surface area contributed by atoms with E-state index in [0.29, 0.717) is 6.04 Å². The van der Waals surface area contributed by atoms with Crippen LogP contribution in [0.4, 0.5) is 0 Å². The van der Waals surface area contributed by atoms with Crippen molar-refractivity contribution in [3.8, 4) is 12.3 Å². The van der Waals surface area contributed by atoms with Gasteiger partial charge in [0.15, 0.2) is 0 Å². The fraction of sp³-hybridized carbons (Fsp3) is 0.833. The molecule has 1 rings (SSSR count). The van der Waals surface area contributed by atoms with Crippen LogP contribution in [0.5, 0.6) is 0 Å². The van der Waals surface area contributed by atoms with E-state index in [1.807, 2.05) is 11.8 Å². The zero-order valence-electron chi connectivity index (χ0n) is 9.59. The molecule has 0 bridgehead atoms. The molecule has 0 saturated carbocycles. The standard InChI is InChI=1S/C12H22N2S/c1-3-8-15-9-7-13-11(2)10-12-5-4-6-14-12/h1,11-14H,4-10H2,2H3. The van der Waals surface area contributed by atoms with E-state index in [1.165, 1.54) is 25.8 Å². The minimum absolute atomic E-state index is 0.618. The Labute approximate surface area is 98.0 Å². The first kappa shape index (κ1) is 12.9. The van der Waals surface area contributed by atoms with Crippen molar-refractivity contribution < 1.29 is 0 Å². The van der Waals surface area contributed by atoms with Gasteiger partial charge in [0.05, 0.1) is 5.75 Å². The van der Waals surface area contributed by atoms with Crippen molar-refractivity contribution in [1.29, 1.82) is 0 Å². The maximum Gasteiger partial charge on any atom is 0.0545 e. The molecule has 0 aromatic rings. The van der Waals surface area contributed by atoms with Crippen molar-refractivity contribution in [2.24, 2.45) is 0 Å². The molecule has 2 atom stereocenters. The summed E-state index contributed by atoms with van der Waals surface area (Å²) < 4.78 is 0. The number of rotatable bonds is 7. The highest BCUT2D eigenvalue weighted by atomic mass is 32.2. The first-order chi connectivity index (χ1) is 7.33. The van der Waals surface area contributed by atoms with Gasteiger partial charge in [0.25, 0.3) is 0 Å². The molecular weight excluding hydrogens is 204 g/mol.